The summed E-state index contributed by atoms with van der Waals surface area (Å²) in [7, 11) is 4.00. The highest BCUT2D eigenvalue weighted by Crippen LogP contribution is 2.20. The zero-order chi connectivity index (χ0) is 13.1. The van der Waals surface area contributed by atoms with E-state index in [1.807, 2.05) is 36.3 Å². The molecule has 4 nitrogen and oxygen atoms in total. The van der Waals surface area contributed by atoms with Crippen LogP contribution in [-0.4, -0.2) is 21.7 Å². The molecule has 0 bridgehead atoms. The van der Waals surface area contributed by atoms with E-state index in [-0.39, 0.29) is 0 Å². The molecule has 2 rings (SSSR count). The van der Waals surface area contributed by atoms with Crippen LogP contribution in [0.2, 0.25) is 0 Å². The van der Waals surface area contributed by atoms with Gasteiger partial charge in [0.15, 0.2) is 0 Å². The molecular formula is C13H17BrN4. The summed E-state index contributed by atoms with van der Waals surface area (Å²) in [4.78, 5) is 2.22. The number of nitrogens with two attached hydrogens (primary N) is 1. The number of aryl methyl sites for hydroxylation is 1. The summed E-state index contributed by atoms with van der Waals surface area (Å²) < 4.78 is 2.83. The largest absolute Gasteiger partial charge is 0.398 e. The van der Waals surface area contributed by atoms with Crippen LogP contribution in [0.15, 0.2) is 35.1 Å². The van der Waals surface area contributed by atoms with Crippen LogP contribution in [0.1, 0.15) is 11.1 Å². The van der Waals surface area contributed by atoms with Gasteiger partial charge in [-0.15, -0.1) is 0 Å². The van der Waals surface area contributed by atoms with E-state index in [0.717, 1.165) is 28.8 Å². The zero-order valence-corrected chi connectivity index (χ0v) is 12.2. The van der Waals surface area contributed by atoms with Crippen molar-refractivity contribution >= 4 is 21.6 Å². The van der Waals surface area contributed by atoms with Crippen molar-refractivity contribution in [2.24, 2.45) is 7.05 Å². The molecule has 2 aromatic rings. The van der Waals surface area contributed by atoms with E-state index in [1.165, 1.54) is 5.56 Å². The zero-order valence-electron chi connectivity index (χ0n) is 10.6. The Balaban J connectivity index is 2.00. The molecule has 1 heterocycles. The van der Waals surface area contributed by atoms with Gasteiger partial charge in [-0.05, 0) is 24.7 Å². The highest BCUT2D eigenvalue weighted by molar-refractivity contribution is 9.10. The predicted octanol–water partition coefficient (Wildman–Crippen LogP) is 2.40. The quantitative estimate of drug-likeness (QED) is 0.882. The molecular weight excluding hydrogens is 292 g/mol. The second-order valence-corrected chi connectivity index (χ2v) is 5.45. The lowest BCUT2D eigenvalue weighted by Crippen LogP contribution is -2.17. The molecule has 2 N–H and O–H groups in total. The first-order chi connectivity index (χ1) is 8.54. The van der Waals surface area contributed by atoms with E-state index in [1.54, 1.807) is 0 Å². The highest BCUT2D eigenvalue weighted by Gasteiger charge is 2.06. The van der Waals surface area contributed by atoms with E-state index in [2.05, 4.69) is 39.0 Å². The molecule has 0 aliphatic heterocycles. The van der Waals surface area contributed by atoms with Crippen molar-refractivity contribution in [1.82, 2.24) is 14.7 Å². The van der Waals surface area contributed by atoms with Crippen molar-refractivity contribution in [2.45, 2.75) is 13.1 Å². The first kappa shape index (κ1) is 13.1. The summed E-state index contributed by atoms with van der Waals surface area (Å²) >= 11 is 3.41. The molecule has 18 heavy (non-hydrogen) atoms. The summed E-state index contributed by atoms with van der Waals surface area (Å²) in [6, 6.07) is 6.01. The molecule has 0 atom stereocenters. The summed E-state index contributed by atoms with van der Waals surface area (Å²) in [5, 5.41) is 4.16. The van der Waals surface area contributed by atoms with Crippen LogP contribution in [0.3, 0.4) is 0 Å². The van der Waals surface area contributed by atoms with Crippen LogP contribution in [0.25, 0.3) is 0 Å². The molecule has 0 amide bonds. The summed E-state index contributed by atoms with van der Waals surface area (Å²) in [5.41, 5.74) is 9.16. The molecule has 96 valence electrons. The maximum atomic E-state index is 5.99. The third kappa shape index (κ3) is 3.34. The Morgan fingerprint density at radius 3 is 2.78 bits per heavy atom. The Hall–Kier alpha value is -1.33. The maximum Gasteiger partial charge on any atom is 0.0534 e. The van der Waals surface area contributed by atoms with E-state index in [4.69, 9.17) is 5.73 Å². The SMILES string of the molecule is CN(Cc1cnn(C)c1)Cc1ccc(Br)cc1N. The molecule has 0 aliphatic carbocycles. The Bertz CT molecular complexity index is 536. The van der Waals surface area contributed by atoms with Crippen molar-refractivity contribution < 1.29 is 0 Å². The third-order valence-electron chi connectivity index (χ3n) is 2.76. The summed E-state index contributed by atoms with van der Waals surface area (Å²) in [5.74, 6) is 0. The molecule has 1 aromatic carbocycles. The number of nitrogens with zero attached hydrogens (tertiary/aromatic N) is 3. The monoisotopic (exact) mass is 308 g/mol. The van der Waals surface area contributed by atoms with Gasteiger partial charge in [0.05, 0.1) is 6.20 Å². The summed E-state index contributed by atoms with van der Waals surface area (Å²) in [6.07, 6.45) is 3.92. The van der Waals surface area contributed by atoms with Crippen LogP contribution in [0.5, 0.6) is 0 Å². The first-order valence-corrected chi connectivity index (χ1v) is 6.54. The normalized spacial score (nSPS) is 11.1. The number of nitrogen functional groups attached to an aromatic ring is 1. The second-order valence-electron chi connectivity index (χ2n) is 4.54. The van der Waals surface area contributed by atoms with Gasteiger partial charge in [0.25, 0.3) is 0 Å². The molecule has 0 unspecified atom stereocenters. The van der Waals surface area contributed by atoms with E-state index in [9.17, 15) is 0 Å². The number of benzene rings is 1. The number of rotatable bonds is 4. The van der Waals surface area contributed by atoms with Crippen molar-refractivity contribution in [3.05, 3.63) is 46.2 Å². The lowest BCUT2D eigenvalue weighted by Gasteiger charge is -2.17. The number of anilines is 1. The number of halogens is 1. The van der Waals surface area contributed by atoms with Crippen LogP contribution >= 0.6 is 15.9 Å². The molecule has 0 saturated carbocycles. The van der Waals surface area contributed by atoms with Crippen LogP contribution in [-0.2, 0) is 20.1 Å². The lowest BCUT2D eigenvalue weighted by molar-refractivity contribution is 0.319. The van der Waals surface area contributed by atoms with Gasteiger partial charge in [0, 0.05) is 42.1 Å². The molecule has 0 spiro atoms. The van der Waals surface area contributed by atoms with Crippen LogP contribution in [0.4, 0.5) is 5.69 Å². The van der Waals surface area contributed by atoms with Gasteiger partial charge in [-0.1, -0.05) is 22.0 Å². The second kappa shape index (κ2) is 5.54. The Morgan fingerprint density at radius 1 is 1.39 bits per heavy atom. The molecule has 0 saturated heterocycles. The third-order valence-corrected chi connectivity index (χ3v) is 3.25. The minimum atomic E-state index is 0.822. The Labute approximate surface area is 116 Å². The minimum absolute atomic E-state index is 0.822. The van der Waals surface area contributed by atoms with Crippen molar-refractivity contribution in [3.63, 3.8) is 0 Å². The van der Waals surface area contributed by atoms with Crippen molar-refractivity contribution in [2.75, 3.05) is 12.8 Å². The van der Waals surface area contributed by atoms with Gasteiger partial charge in [-0.2, -0.15) is 5.10 Å². The highest BCUT2D eigenvalue weighted by atomic mass is 79.9. The average molecular weight is 309 g/mol. The van der Waals surface area contributed by atoms with Crippen LogP contribution in [0, 0.1) is 0 Å². The number of hydrogen-bond donors (Lipinski definition) is 1. The van der Waals surface area contributed by atoms with Crippen LogP contribution < -0.4 is 5.73 Å². The molecule has 0 radical (unpaired) electrons. The molecule has 5 heteroatoms. The molecule has 0 fully saturated rings. The standard InChI is InChI=1S/C13H17BrN4/c1-17(7-10-6-16-18(2)8-10)9-11-3-4-12(14)5-13(11)15/h3-6,8H,7,9,15H2,1-2H3. The van der Waals surface area contributed by atoms with E-state index in [0.29, 0.717) is 0 Å². The van der Waals surface area contributed by atoms with Gasteiger partial charge in [0.2, 0.25) is 0 Å². The van der Waals surface area contributed by atoms with E-state index < -0.39 is 0 Å². The first-order valence-electron chi connectivity index (χ1n) is 5.74. The van der Waals surface area contributed by atoms with Crippen molar-refractivity contribution in [1.29, 1.82) is 0 Å². The van der Waals surface area contributed by atoms with Crippen molar-refractivity contribution in [3.8, 4) is 0 Å². The minimum Gasteiger partial charge on any atom is -0.398 e. The number of hydrogen-bond acceptors (Lipinski definition) is 3. The lowest BCUT2D eigenvalue weighted by atomic mass is 10.1. The fourth-order valence-corrected chi connectivity index (χ4v) is 2.30. The molecule has 0 aliphatic rings. The summed E-state index contributed by atoms with van der Waals surface area (Å²) in [6.45, 7) is 1.69. The van der Waals surface area contributed by atoms with Gasteiger partial charge in [0.1, 0.15) is 0 Å². The van der Waals surface area contributed by atoms with E-state index >= 15 is 0 Å². The predicted molar refractivity (Wildman–Crippen MR) is 76.9 cm³/mol. The topological polar surface area (TPSA) is 47.1 Å². The Kier molecular flexibility index (Phi) is 4.04. The average Bonchev–Trinajstić information content (AvgIpc) is 2.68. The maximum absolute atomic E-state index is 5.99. The number of aromatic nitrogens is 2. The fraction of sp³-hybridized carbons (Fsp3) is 0.308. The Morgan fingerprint density at radius 2 is 2.17 bits per heavy atom. The smallest absolute Gasteiger partial charge is 0.0534 e. The van der Waals surface area contributed by atoms with Gasteiger partial charge < -0.3 is 5.73 Å². The fourth-order valence-electron chi connectivity index (χ4n) is 1.92. The van der Waals surface area contributed by atoms with Gasteiger partial charge in [-0.25, -0.2) is 0 Å². The van der Waals surface area contributed by atoms with Gasteiger partial charge >= 0.3 is 0 Å². The van der Waals surface area contributed by atoms with Gasteiger partial charge in [-0.3, -0.25) is 9.58 Å². The molecule has 1 aromatic heterocycles.